The van der Waals surface area contributed by atoms with Gasteiger partial charge in [-0.3, -0.25) is 4.79 Å². The Morgan fingerprint density at radius 1 is 1.35 bits per heavy atom. The van der Waals surface area contributed by atoms with Gasteiger partial charge in [-0.15, -0.1) is 0 Å². The van der Waals surface area contributed by atoms with Crippen molar-refractivity contribution in [3.05, 3.63) is 40.6 Å². The fraction of sp³-hybridized carbons (Fsp3) is 0.444. The molecule has 26 heavy (non-hydrogen) atoms. The molecule has 1 aromatic heterocycles. The molecule has 2 heterocycles. The Hall–Kier alpha value is -1.86. The molecule has 0 aliphatic carbocycles. The maximum atomic E-state index is 12.9. The second kappa shape index (κ2) is 7.04. The van der Waals surface area contributed by atoms with Gasteiger partial charge in [-0.25, -0.2) is 8.42 Å². The van der Waals surface area contributed by atoms with E-state index in [-0.39, 0.29) is 30.7 Å². The van der Waals surface area contributed by atoms with E-state index in [2.05, 4.69) is 5.16 Å². The van der Waals surface area contributed by atoms with E-state index in [1.807, 2.05) is 13.8 Å². The van der Waals surface area contributed by atoms with Crippen LogP contribution in [0.2, 0.25) is 5.02 Å². The number of carbonyl (C=O) groups excluding carboxylic acids is 1. The summed E-state index contributed by atoms with van der Waals surface area (Å²) in [7, 11) is -3.19. The second-order valence-corrected chi connectivity index (χ2v) is 9.73. The lowest BCUT2D eigenvalue weighted by Crippen LogP contribution is -2.57. The molecule has 0 N–H and O–H groups in total. The van der Waals surface area contributed by atoms with Crippen LogP contribution in [0.5, 0.6) is 0 Å². The van der Waals surface area contributed by atoms with E-state index in [1.54, 1.807) is 31.2 Å². The average Bonchev–Trinajstić information content (AvgIpc) is 2.85. The fourth-order valence-corrected chi connectivity index (χ4v) is 5.29. The van der Waals surface area contributed by atoms with E-state index in [4.69, 9.17) is 16.1 Å². The third-order valence-electron chi connectivity index (χ3n) is 4.41. The van der Waals surface area contributed by atoms with Crippen molar-refractivity contribution in [1.82, 2.24) is 10.1 Å². The SMILES string of the molecule is Cc1onc(-c2ccccc2Cl)c1C(=O)N1CC(S(=O)(=O)CC(C)C)C1. The number of hydrogen-bond donors (Lipinski definition) is 0. The van der Waals surface area contributed by atoms with Crippen molar-refractivity contribution in [2.75, 3.05) is 18.8 Å². The Morgan fingerprint density at radius 2 is 2.00 bits per heavy atom. The van der Waals surface area contributed by atoms with Crippen LogP contribution >= 0.6 is 11.6 Å². The normalized spacial score (nSPS) is 15.3. The van der Waals surface area contributed by atoms with Crippen molar-refractivity contribution >= 4 is 27.3 Å². The third-order valence-corrected chi connectivity index (χ3v) is 7.19. The van der Waals surface area contributed by atoms with Crippen LogP contribution in [0.25, 0.3) is 11.3 Å². The lowest BCUT2D eigenvalue weighted by molar-refractivity contribution is 0.0657. The highest BCUT2D eigenvalue weighted by Crippen LogP contribution is 2.33. The van der Waals surface area contributed by atoms with Crippen LogP contribution in [0.3, 0.4) is 0 Å². The molecule has 1 aromatic carbocycles. The topological polar surface area (TPSA) is 80.5 Å². The van der Waals surface area contributed by atoms with Gasteiger partial charge in [0, 0.05) is 18.7 Å². The van der Waals surface area contributed by atoms with Gasteiger partial charge < -0.3 is 9.42 Å². The summed E-state index contributed by atoms with van der Waals surface area (Å²) >= 11 is 6.22. The molecule has 1 saturated heterocycles. The summed E-state index contributed by atoms with van der Waals surface area (Å²) in [6, 6.07) is 7.08. The van der Waals surface area contributed by atoms with Crippen LogP contribution in [0, 0.1) is 12.8 Å². The van der Waals surface area contributed by atoms with Gasteiger partial charge in [0.2, 0.25) is 0 Å². The standard InChI is InChI=1S/C18H21ClN2O4S/c1-11(2)10-26(23,24)13-8-21(9-13)18(22)16-12(3)25-20-17(16)14-6-4-5-7-15(14)19/h4-7,11,13H,8-10H2,1-3H3. The highest BCUT2D eigenvalue weighted by molar-refractivity contribution is 7.92. The number of rotatable bonds is 5. The van der Waals surface area contributed by atoms with Crippen LogP contribution in [-0.2, 0) is 9.84 Å². The third kappa shape index (κ3) is 3.50. The number of hydrogen-bond acceptors (Lipinski definition) is 5. The smallest absolute Gasteiger partial charge is 0.259 e. The molecule has 0 saturated carbocycles. The number of benzene rings is 1. The van der Waals surface area contributed by atoms with Gasteiger partial charge in [0.1, 0.15) is 17.0 Å². The Balaban J connectivity index is 1.81. The Labute approximate surface area is 158 Å². The molecule has 2 aromatic rings. The monoisotopic (exact) mass is 396 g/mol. The van der Waals surface area contributed by atoms with Gasteiger partial charge in [-0.05, 0) is 18.9 Å². The predicted octanol–water partition coefficient (Wildman–Crippen LogP) is 3.20. The minimum absolute atomic E-state index is 0.0666. The molecule has 8 heteroatoms. The summed E-state index contributed by atoms with van der Waals surface area (Å²) in [5.41, 5.74) is 1.32. The lowest BCUT2D eigenvalue weighted by atomic mass is 10.0. The number of amides is 1. The van der Waals surface area contributed by atoms with Gasteiger partial charge in [0.25, 0.3) is 5.91 Å². The minimum atomic E-state index is -3.19. The number of aromatic nitrogens is 1. The van der Waals surface area contributed by atoms with Gasteiger partial charge in [0.15, 0.2) is 9.84 Å². The predicted molar refractivity (Wildman–Crippen MR) is 100 cm³/mol. The number of carbonyl (C=O) groups is 1. The zero-order chi connectivity index (χ0) is 19.1. The summed E-state index contributed by atoms with van der Waals surface area (Å²) in [6.45, 7) is 5.79. The molecule has 0 bridgehead atoms. The molecule has 1 amide bonds. The molecule has 0 atom stereocenters. The van der Waals surface area contributed by atoms with Crippen molar-refractivity contribution in [2.45, 2.75) is 26.0 Å². The van der Waals surface area contributed by atoms with Crippen LogP contribution in [0.1, 0.15) is 30.0 Å². The number of sulfone groups is 1. The molecule has 0 spiro atoms. The van der Waals surface area contributed by atoms with Gasteiger partial charge in [0.05, 0.1) is 16.0 Å². The Kier molecular flexibility index (Phi) is 5.12. The van der Waals surface area contributed by atoms with E-state index < -0.39 is 15.1 Å². The second-order valence-electron chi connectivity index (χ2n) is 7.00. The maximum Gasteiger partial charge on any atom is 0.259 e. The Morgan fingerprint density at radius 3 is 2.62 bits per heavy atom. The quantitative estimate of drug-likeness (QED) is 0.775. The number of likely N-dealkylation sites (tertiary alicyclic amines) is 1. The zero-order valence-electron chi connectivity index (χ0n) is 14.9. The zero-order valence-corrected chi connectivity index (χ0v) is 16.5. The molecule has 1 fully saturated rings. The lowest BCUT2D eigenvalue weighted by Gasteiger charge is -2.38. The highest BCUT2D eigenvalue weighted by atomic mass is 35.5. The Bertz CT molecular complexity index is 930. The van der Waals surface area contributed by atoms with Crippen molar-refractivity contribution in [2.24, 2.45) is 5.92 Å². The first-order chi connectivity index (χ1) is 12.2. The summed E-state index contributed by atoms with van der Waals surface area (Å²) in [5, 5.41) is 3.96. The molecule has 0 unspecified atom stereocenters. The van der Waals surface area contributed by atoms with Crippen molar-refractivity contribution in [3.8, 4) is 11.3 Å². The van der Waals surface area contributed by atoms with E-state index >= 15 is 0 Å². The van der Waals surface area contributed by atoms with Crippen molar-refractivity contribution in [3.63, 3.8) is 0 Å². The summed E-state index contributed by atoms with van der Waals surface area (Å²) in [4.78, 5) is 14.4. The van der Waals surface area contributed by atoms with Crippen LogP contribution < -0.4 is 0 Å². The van der Waals surface area contributed by atoms with Crippen molar-refractivity contribution in [1.29, 1.82) is 0 Å². The van der Waals surface area contributed by atoms with E-state index in [0.717, 1.165) is 0 Å². The summed E-state index contributed by atoms with van der Waals surface area (Å²) in [6.07, 6.45) is 0. The number of nitrogens with zero attached hydrogens (tertiary/aromatic N) is 2. The van der Waals surface area contributed by atoms with Crippen LogP contribution in [0.15, 0.2) is 28.8 Å². The molecule has 6 nitrogen and oxygen atoms in total. The van der Waals surface area contributed by atoms with Crippen LogP contribution in [0.4, 0.5) is 0 Å². The van der Waals surface area contributed by atoms with Gasteiger partial charge >= 0.3 is 0 Å². The molecule has 1 aliphatic heterocycles. The molecule has 140 valence electrons. The molecule has 3 rings (SSSR count). The fourth-order valence-electron chi connectivity index (χ4n) is 3.05. The first-order valence-corrected chi connectivity index (χ1v) is 10.5. The summed E-state index contributed by atoms with van der Waals surface area (Å²) in [5.74, 6) is 0.307. The van der Waals surface area contributed by atoms with Gasteiger partial charge in [-0.2, -0.15) is 0 Å². The number of aryl methyl sites for hydroxylation is 1. The van der Waals surface area contributed by atoms with E-state index in [9.17, 15) is 13.2 Å². The van der Waals surface area contributed by atoms with Crippen molar-refractivity contribution < 1.29 is 17.7 Å². The first-order valence-electron chi connectivity index (χ1n) is 8.42. The molecule has 1 aliphatic rings. The largest absolute Gasteiger partial charge is 0.360 e. The van der Waals surface area contributed by atoms with Gasteiger partial charge in [-0.1, -0.05) is 48.8 Å². The van der Waals surface area contributed by atoms with E-state index in [0.29, 0.717) is 27.6 Å². The van der Waals surface area contributed by atoms with Crippen LogP contribution in [-0.4, -0.2) is 48.5 Å². The molecule has 0 radical (unpaired) electrons. The molecular formula is C18H21ClN2O4S. The maximum absolute atomic E-state index is 12.9. The minimum Gasteiger partial charge on any atom is -0.360 e. The first kappa shape index (κ1) is 18.9. The average molecular weight is 397 g/mol. The summed E-state index contributed by atoms with van der Waals surface area (Å²) < 4.78 is 29.8. The van der Waals surface area contributed by atoms with E-state index in [1.165, 1.54) is 4.90 Å². The number of halogens is 1. The highest BCUT2D eigenvalue weighted by Gasteiger charge is 2.41. The molecular weight excluding hydrogens is 376 g/mol.